The van der Waals surface area contributed by atoms with E-state index < -0.39 is 16.7 Å². The molecule has 1 aliphatic heterocycles. The number of anilines is 1. The van der Waals surface area contributed by atoms with E-state index in [1.807, 2.05) is 4.90 Å². The van der Waals surface area contributed by atoms with E-state index in [-0.39, 0.29) is 24.0 Å². The van der Waals surface area contributed by atoms with Crippen molar-refractivity contribution in [2.24, 2.45) is 0 Å². The third-order valence-corrected chi connectivity index (χ3v) is 4.58. The fourth-order valence-corrected chi connectivity index (χ4v) is 3.08. The Morgan fingerprint density at radius 3 is 2.41 bits per heavy atom. The number of para-hydroxylation sites is 2. The number of benzene rings is 2. The largest absolute Gasteiger partial charge is 0.484 e. The van der Waals surface area contributed by atoms with Crippen LogP contribution in [0.3, 0.4) is 0 Å². The first-order valence-electron chi connectivity index (χ1n) is 8.82. The fourth-order valence-electron chi connectivity index (χ4n) is 3.08. The molecule has 1 heterocycles. The average Bonchev–Trinajstić information content (AvgIpc) is 2.71. The molecule has 1 aliphatic rings. The molecule has 0 aromatic heterocycles. The normalized spacial score (nSPS) is 14.6. The second kappa shape index (κ2) is 8.38. The highest BCUT2D eigenvalue weighted by molar-refractivity contribution is 5.78. The minimum absolute atomic E-state index is 0.000145. The quantitative estimate of drug-likeness (QED) is 0.559. The number of carbonyl (C=O) groups is 1. The first kappa shape index (κ1) is 20.4. The molecule has 0 aliphatic carbocycles. The highest BCUT2D eigenvalue weighted by Crippen LogP contribution is 2.31. The van der Waals surface area contributed by atoms with Gasteiger partial charge in [0.1, 0.15) is 11.4 Å². The van der Waals surface area contributed by atoms with Gasteiger partial charge in [-0.3, -0.25) is 14.9 Å². The van der Waals surface area contributed by atoms with Crippen LogP contribution in [0.1, 0.15) is 5.56 Å². The Balaban J connectivity index is 1.55. The maximum Gasteiger partial charge on any atom is 0.416 e. The molecule has 154 valence electrons. The number of nitro groups is 1. The molecule has 29 heavy (non-hydrogen) atoms. The zero-order valence-corrected chi connectivity index (χ0v) is 15.3. The van der Waals surface area contributed by atoms with Crippen LogP contribution in [0.15, 0.2) is 48.5 Å². The number of alkyl halides is 3. The molecule has 0 spiro atoms. The summed E-state index contributed by atoms with van der Waals surface area (Å²) in [5, 5.41) is 11.2. The topological polar surface area (TPSA) is 75.9 Å². The van der Waals surface area contributed by atoms with Crippen molar-refractivity contribution >= 4 is 17.3 Å². The zero-order chi connectivity index (χ0) is 21.0. The van der Waals surface area contributed by atoms with E-state index in [0.717, 1.165) is 12.1 Å². The molecule has 0 radical (unpaired) electrons. The maximum atomic E-state index is 12.7. The number of halogens is 3. The van der Waals surface area contributed by atoms with Crippen LogP contribution in [0.5, 0.6) is 5.75 Å². The van der Waals surface area contributed by atoms with Crippen LogP contribution in [0.25, 0.3) is 0 Å². The molecule has 3 rings (SSSR count). The summed E-state index contributed by atoms with van der Waals surface area (Å²) in [4.78, 5) is 26.4. The molecular formula is C19H18F3N3O4. The van der Waals surface area contributed by atoms with Crippen molar-refractivity contribution in [3.63, 3.8) is 0 Å². The van der Waals surface area contributed by atoms with Gasteiger partial charge in [-0.05, 0) is 24.3 Å². The smallest absolute Gasteiger partial charge is 0.416 e. The molecule has 1 amide bonds. The lowest BCUT2D eigenvalue weighted by atomic mass is 10.2. The van der Waals surface area contributed by atoms with E-state index in [4.69, 9.17) is 4.74 Å². The van der Waals surface area contributed by atoms with E-state index in [9.17, 15) is 28.1 Å². The van der Waals surface area contributed by atoms with Crippen LogP contribution >= 0.6 is 0 Å². The number of hydrogen-bond acceptors (Lipinski definition) is 5. The van der Waals surface area contributed by atoms with Gasteiger partial charge in [-0.15, -0.1) is 0 Å². The zero-order valence-electron chi connectivity index (χ0n) is 15.3. The second-order valence-corrected chi connectivity index (χ2v) is 6.43. The summed E-state index contributed by atoms with van der Waals surface area (Å²) in [5.41, 5.74) is -0.356. The third-order valence-electron chi connectivity index (χ3n) is 4.58. The molecule has 0 atom stereocenters. The van der Waals surface area contributed by atoms with E-state index in [0.29, 0.717) is 31.9 Å². The van der Waals surface area contributed by atoms with Crippen LogP contribution in [0, 0.1) is 10.1 Å². The van der Waals surface area contributed by atoms with Gasteiger partial charge in [-0.25, -0.2) is 0 Å². The van der Waals surface area contributed by atoms with Crippen LogP contribution < -0.4 is 9.64 Å². The van der Waals surface area contributed by atoms with Crippen molar-refractivity contribution in [3.8, 4) is 5.75 Å². The lowest BCUT2D eigenvalue weighted by Gasteiger charge is -2.35. The summed E-state index contributed by atoms with van der Waals surface area (Å²) in [5.74, 6) is -0.392. The molecule has 7 nitrogen and oxygen atoms in total. The molecular weight excluding hydrogens is 391 g/mol. The standard InChI is InChI=1S/C19H18F3N3O4/c20-19(21,22)14-4-3-5-15(12-14)29-13-18(26)24-10-8-23(9-11-24)16-6-1-2-7-17(16)25(27)28/h1-7,12H,8-11,13H2. The van der Waals surface area contributed by atoms with Gasteiger partial charge in [-0.2, -0.15) is 13.2 Å². The van der Waals surface area contributed by atoms with Crippen LogP contribution in [-0.4, -0.2) is 48.5 Å². The van der Waals surface area contributed by atoms with Crippen LogP contribution in [0.2, 0.25) is 0 Å². The van der Waals surface area contributed by atoms with Gasteiger partial charge < -0.3 is 14.5 Å². The van der Waals surface area contributed by atoms with E-state index in [2.05, 4.69) is 0 Å². The highest BCUT2D eigenvalue weighted by atomic mass is 19.4. The number of ether oxygens (including phenoxy) is 1. The van der Waals surface area contributed by atoms with Gasteiger partial charge >= 0.3 is 6.18 Å². The van der Waals surface area contributed by atoms with Gasteiger partial charge in [0.2, 0.25) is 0 Å². The van der Waals surface area contributed by atoms with Crippen molar-refractivity contribution in [2.75, 3.05) is 37.7 Å². The van der Waals surface area contributed by atoms with Crippen molar-refractivity contribution in [3.05, 3.63) is 64.2 Å². The minimum Gasteiger partial charge on any atom is -0.484 e. The monoisotopic (exact) mass is 409 g/mol. The molecule has 0 unspecified atom stereocenters. The van der Waals surface area contributed by atoms with Crippen molar-refractivity contribution < 1.29 is 27.6 Å². The number of hydrogen-bond donors (Lipinski definition) is 0. The number of piperazine rings is 1. The Morgan fingerprint density at radius 2 is 1.76 bits per heavy atom. The summed E-state index contributed by atoms with van der Waals surface area (Å²) in [6, 6.07) is 10.7. The third kappa shape index (κ3) is 4.95. The number of carbonyl (C=O) groups excluding carboxylic acids is 1. The first-order valence-corrected chi connectivity index (χ1v) is 8.82. The maximum absolute atomic E-state index is 12.7. The molecule has 0 bridgehead atoms. The minimum atomic E-state index is -4.49. The fraction of sp³-hybridized carbons (Fsp3) is 0.316. The SMILES string of the molecule is O=C(COc1cccc(C(F)(F)F)c1)N1CCN(c2ccccc2[N+](=O)[O-])CC1. The number of rotatable bonds is 5. The molecule has 1 fully saturated rings. The predicted octanol–water partition coefficient (Wildman–Crippen LogP) is 3.34. The summed E-state index contributed by atoms with van der Waals surface area (Å²) in [6.45, 7) is 1.08. The molecule has 2 aromatic carbocycles. The van der Waals surface area contributed by atoms with Gasteiger partial charge in [0, 0.05) is 32.2 Å². The lowest BCUT2D eigenvalue weighted by molar-refractivity contribution is -0.384. The molecule has 0 saturated carbocycles. The van der Waals surface area contributed by atoms with E-state index >= 15 is 0 Å². The van der Waals surface area contributed by atoms with Crippen LogP contribution in [-0.2, 0) is 11.0 Å². The van der Waals surface area contributed by atoms with Crippen molar-refractivity contribution in [2.45, 2.75) is 6.18 Å². The number of nitro benzene ring substituents is 1. The molecule has 2 aromatic rings. The van der Waals surface area contributed by atoms with Gasteiger partial charge in [0.25, 0.3) is 11.6 Å². The Hall–Kier alpha value is -3.30. The highest BCUT2D eigenvalue weighted by Gasteiger charge is 2.31. The van der Waals surface area contributed by atoms with Crippen LogP contribution in [0.4, 0.5) is 24.5 Å². The Bertz CT molecular complexity index is 896. The summed E-state index contributed by atoms with van der Waals surface area (Å²) < 4.78 is 43.4. The van der Waals surface area contributed by atoms with Crippen molar-refractivity contribution in [1.82, 2.24) is 4.90 Å². The first-order chi connectivity index (χ1) is 13.8. The van der Waals surface area contributed by atoms with Gasteiger partial charge in [0.05, 0.1) is 10.5 Å². The molecule has 0 N–H and O–H groups in total. The Kier molecular flexibility index (Phi) is 5.90. The second-order valence-electron chi connectivity index (χ2n) is 6.43. The predicted molar refractivity (Wildman–Crippen MR) is 98.8 cm³/mol. The average molecular weight is 409 g/mol. The Labute approximate surface area is 164 Å². The molecule has 10 heteroatoms. The van der Waals surface area contributed by atoms with E-state index in [1.165, 1.54) is 23.1 Å². The Morgan fingerprint density at radius 1 is 1.07 bits per heavy atom. The summed E-state index contributed by atoms with van der Waals surface area (Å²) in [6.07, 6.45) is -4.49. The number of amides is 1. The summed E-state index contributed by atoms with van der Waals surface area (Å²) >= 11 is 0. The van der Waals surface area contributed by atoms with E-state index in [1.54, 1.807) is 18.2 Å². The lowest BCUT2D eigenvalue weighted by Crippen LogP contribution is -2.50. The van der Waals surface area contributed by atoms with Gasteiger partial charge in [-0.1, -0.05) is 18.2 Å². The van der Waals surface area contributed by atoms with Crippen molar-refractivity contribution in [1.29, 1.82) is 0 Å². The molecule has 1 saturated heterocycles. The number of nitrogens with zero attached hydrogens (tertiary/aromatic N) is 3. The summed E-state index contributed by atoms with van der Waals surface area (Å²) in [7, 11) is 0. The van der Waals surface area contributed by atoms with Gasteiger partial charge in [0.15, 0.2) is 6.61 Å².